The number of imidazole rings is 1. The van der Waals surface area contributed by atoms with E-state index in [1.54, 1.807) is 0 Å². The van der Waals surface area contributed by atoms with E-state index in [2.05, 4.69) is 67.9 Å². The summed E-state index contributed by atoms with van der Waals surface area (Å²) < 4.78 is 2.22. The molecule has 148 valence electrons. The van der Waals surface area contributed by atoms with Crippen molar-refractivity contribution >= 4 is 16.9 Å². The van der Waals surface area contributed by atoms with Gasteiger partial charge in [0, 0.05) is 12.5 Å². The molecule has 1 N–H and O–H groups in total. The molecule has 28 heavy (non-hydrogen) atoms. The molecular weight excluding hydrogens is 346 g/mol. The third kappa shape index (κ3) is 4.44. The minimum Gasteiger partial charge on any atom is -0.349 e. The van der Waals surface area contributed by atoms with E-state index in [4.69, 9.17) is 4.98 Å². The maximum absolute atomic E-state index is 12.4. The Morgan fingerprint density at radius 2 is 1.71 bits per heavy atom. The zero-order valence-corrected chi connectivity index (χ0v) is 17.4. The number of benzene rings is 2. The monoisotopic (exact) mass is 377 g/mol. The van der Waals surface area contributed by atoms with Crippen molar-refractivity contribution in [1.82, 2.24) is 14.9 Å². The third-order valence-electron chi connectivity index (χ3n) is 5.50. The second kappa shape index (κ2) is 9.05. The van der Waals surface area contributed by atoms with Crippen LogP contribution in [0.25, 0.3) is 11.0 Å². The van der Waals surface area contributed by atoms with E-state index in [1.807, 2.05) is 18.2 Å². The molecule has 1 amide bonds. The van der Waals surface area contributed by atoms with E-state index in [-0.39, 0.29) is 11.8 Å². The summed E-state index contributed by atoms with van der Waals surface area (Å²) in [4.78, 5) is 17.2. The molecule has 0 saturated heterocycles. The number of hydrogen-bond acceptors (Lipinski definition) is 2. The van der Waals surface area contributed by atoms with Crippen LogP contribution in [0.5, 0.6) is 0 Å². The number of hydrogen-bond donors (Lipinski definition) is 1. The largest absolute Gasteiger partial charge is 0.349 e. The fourth-order valence-corrected chi connectivity index (χ4v) is 3.60. The second-order valence-electron chi connectivity index (χ2n) is 7.73. The van der Waals surface area contributed by atoms with Crippen LogP contribution in [0.1, 0.15) is 63.4 Å². The van der Waals surface area contributed by atoms with Gasteiger partial charge >= 0.3 is 0 Å². The molecule has 0 aliphatic heterocycles. The van der Waals surface area contributed by atoms with Crippen LogP contribution in [0.2, 0.25) is 0 Å². The van der Waals surface area contributed by atoms with Gasteiger partial charge in [-0.15, -0.1) is 0 Å². The maximum Gasteiger partial charge on any atom is 0.223 e. The van der Waals surface area contributed by atoms with Crippen molar-refractivity contribution in [2.75, 3.05) is 0 Å². The van der Waals surface area contributed by atoms with E-state index < -0.39 is 0 Å². The number of nitrogens with zero attached hydrogens (tertiary/aromatic N) is 2. The van der Waals surface area contributed by atoms with E-state index >= 15 is 0 Å². The van der Waals surface area contributed by atoms with Crippen LogP contribution >= 0.6 is 0 Å². The number of para-hydroxylation sites is 2. The third-order valence-corrected chi connectivity index (χ3v) is 5.50. The number of carbonyl (C=O) groups excluding carboxylic acids is 1. The Labute approximate surface area is 168 Å². The van der Waals surface area contributed by atoms with Gasteiger partial charge in [-0.3, -0.25) is 4.79 Å². The average Bonchev–Trinajstić information content (AvgIpc) is 3.05. The lowest BCUT2D eigenvalue weighted by Gasteiger charge is -2.14. The summed E-state index contributed by atoms with van der Waals surface area (Å²) in [7, 11) is 0. The zero-order chi connectivity index (χ0) is 20.1. The van der Waals surface area contributed by atoms with Gasteiger partial charge in [0.25, 0.3) is 0 Å². The van der Waals surface area contributed by atoms with Crippen molar-refractivity contribution in [1.29, 1.82) is 0 Å². The number of nitrogens with one attached hydrogen (secondary N) is 1. The molecular formula is C24H31N3O. The van der Waals surface area contributed by atoms with Crippen LogP contribution in [0.3, 0.4) is 0 Å². The lowest BCUT2D eigenvalue weighted by molar-refractivity contribution is -0.125. The lowest BCUT2D eigenvalue weighted by atomic mass is 10.0. The van der Waals surface area contributed by atoms with E-state index in [1.165, 1.54) is 11.1 Å². The first-order chi connectivity index (χ1) is 13.5. The summed E-state index contributed by atoms with van der Waals surface area (Å²) in [5, 5.41) is 3.09. The van der Waals surface area contributed by atoms with Crippen LogP contribution in [0.15, 0.2) is 48.5 Å². The Balaban J connectivity index is 1.85. The van der Waals surface area contributed by atoms with Gasteiger partial charge < -0.3 is 9.88 Å². The average molecular weight is 378 g/mol. The van der Waals surface area contributed by atoms with Crippen LogP contribution in [-0.4, -0.2) is 15.5 Å². The molecule has 0 atom stereocenters. The fraction of sp³-hybridized carbons (Fsp3) is 0.417. The first-order valence-corrected chi connectivity index (χ1v) is 10.3. The van der Waals surface area contributed by atoms with Crippen LogP contribution in [0.4, 0.5) is 0 Å². The Hall–Kier alpha value is -2.62. The minimum absolute atomic E-state index is 0.0707. The number of fused-ring (bicyclic) bond motifs is 1. The van der Waals surface area contributed by atoms with E-state index in [9.17, 15) is 4.79 Å². The van der Waals surface area contributed by atoms with Crippen molar-refractivity contribution in [2.45, 2.75) is 59.5 Å². The van der Waals surface area contributed by atoms with Crippen molar-refractivity contribution in [3.05, 3.63) is 65.5 Å². The maximum atomic E-state index is 12.4. The van der Waals surface area contributed by atoms with Gasteiger partial charge in [-0.05, 0) is 42.0 Å². The molecule has 0 aliphatic rings. The highest BCUT2D eigenvalue weighted by Crippen LogP contribution is 2.20. The normalized spacial score (nSPS) is 11.5. The molecule has 3 rings (SSSR count). The molecule has 4 heteroatoms. The smallest absolute Gasteiger partial charge is 0.223 e. The molecule has 0 spiro atoms. The second-order valence-corrected chi connectivity index (χ2v) is 7.73. The highest BCUT2D eigenvalue weighted by Gasteiger charge is 2.16. The quantitative estimate of drug-likeness (QED) is 0.582. The van der Waals surface area contributed by atoms with Gasteiger partial charge in [-0.25, -0.2) is 4.98 Å². The van der Waals surface area contributed by atoms with Gasteiger partial charge in [0.2, 0.25) is 5.91 Å². The molecule has 2 aromatic carbocycles. The Kier molecular flexibility index (Phi) is 6.50. The lowest BCUT2D eigenvalue weighted by Crippen LogP contribution is -2.30. The topological polar surface area (TPSA) is 46.9 Å². The number of aromatic nitrogens is 2. The first kappa shape index (κ1) is 20.1. The van der Waals surface area contributed by atoms with Crippen LogP contribution in [0, 0.1) is 5.92 Å². The van der Waals surface area contributed by atoms with Gasteiger partial charge in [-0.1, -0.05) is 64.1 Å². The summed E-state index contributed by atoms with van der Waals surface area (Å²) in [6.45, 7) is 9.73. The molecule has 0 unspecified atom stereocenters. The van der Waals surface area contributed by atoms with Gasteiger partial charge in [0.05, 0.1) is 17.6 Å². The first-order valence-electron chi connectivity index (χ1n) is 10.3. The Morgan fingerprint density at radius 3 is 2.36 bits per heavy atom. The molecule has 1 heterocycles. The molecule has 3 aromatic rings. The molecule has 0 aliphatic carbocycles. The van der Waals surface area contributed by atoms with Gasteiger partial charge in [-0.2, -0.15) is 0 Å². The van der Waals surface area contributed by atoms with E-state index in [0.717, 1.165) is 36.2 Å². The summed E-state index contributed by atoms with van der Waals surface area (Å²) >= 11 is 0. The van der Waals surface area contributed by atoms with Gasteiger partial charge in [0.15, 0.2) is 0 Å². The predicted molar refractivity (Wildman–Crippen MR) is 115 cm³/mol. The van der Waals surface area contributed by atoms with Crippen molar-refractivity contribution in [3.63, 3.8) is 0 Å². The fourth-order valence-electron chi connectivity index (χ4n) is 3.60. The van der Waals surface area contributed by atoms with E-state index in [0.29, 0.717) is 12.5 Å². The Morgan fingerprint density at radius 1 is 1.04 bits per heavy atom. The van der Waals surface area contributed by atoms with Gasteiger partial charge in [0.1, 0.15) is 5.82 Å². The SMILES string of the molecule is CCC(CC)C(=O)NCc1nc2ccccc2n1Cc1ccc(C(C)C)cc1. The van der Waals surface area contributed by atoms with Crippen LogP contribution in [-0.2, 0) is 17.9 Å². The Bertz CT molecular complexity index is 921. The summed E-state index contributed by atoms with van der Waals surface area (Å²) in [5.41, 5.74) is 4.65. The molecule has 0 saturated carbocycles. The van der Waals surface area contributed by atoms with Crippen molar-refractivity contribution in [2.24, 2.45) is 5.92 Å². The highest BCUT2D eigenvalue weighted by atomic mass is 16.1. The number of amides is 1. The van der Waals surface area contributed by atoms with Crippen molar-refractivity contribution in [3.8, 4) is 0 Å². The molecule has 1 aromatic heterocycles. The zero-order valence-electron chi connectivity index (χ0n) is 17.4. The van der Waals surface area contributed by atoms with Crippen molar-refractivity contribution < 1.29 is 4.79 Å². The summed E-state index contributed by atoms with van der Waals surface area (Å²) in [6, 6.07) is 16.9. The molecule has 0 radical (unpaired) electrons. The highest BCUT2D eigenvalue weighted by molar-refractivity contribution is 5.79. The minimum atomic E-state index is 0.0707. The summed E-state index contributed by atoms with van der Waals surface area (Å²) in [6.07, 6.45) is 1.72. The number of rotatable bonds is 8. The molecule has 4 nitrogen and oxygen atoms in total. The summed E-state index contributed by atoms with van der Waals surface area (Å²) in [5.74, 6) is 1.61. The van der Waals surface area contributed by atoms with Crippen LogP contribution < -0.4 is 5.32 Å². The standard InChI is InChI=1S/C24H31N3O/c1-5-19(6-2)24(28)25-15-23-26-21-9-7-8-10-22(21)27(23)16-18-11-13-20(14-12-18)17(3)4/h7-14,17,19H,5-6,15-16H2,1-4H3,(H,25,28). The molecule has 0 bridgehead atoms. The predicted octanol–water partition coefficient (Wildman–Crippen LogP) is 5.26. The number of carbonyl (C=O) groups is 1. The molecule has 0 fully saturated rings.